The lowest BCUT2D eigenvalue weighted by molar-refractivity contribution is 0.297. The van der Waals surface area contributed by atoms with E-state index >= 15 is 0 Å². The molecule has 1 heterocycles. The molecule has 23 heavy (non-hydrogen) atoms. The molecule has 0 fully saturated rings. The van der Waals surface area contributed by atoms with Crippen LogP contribution in [0.3, 0.4) is 0 Å². The number of sulfonamides is 1. The number of nitrogens with one attached hydrogen (secondary N) is 1. The van der Waals surface area contributed by atoms with E-state index in [4.69, 9.17) is 16.3 Å². The summed E-state index contributed by atoms with van der Waals surface area (Å²) in [6.07, 6.45) is 1.42. The molecule has 2 rings (SSSR count). The maximum Gasteiger partial charge on any atom is 0.247 e. The Kier molecular flexibility index (Phi) is 5.29. The SMILES string of the molecule is CC(C)(C)NS(=O)(=O)c1c(OCc2ccccc2)ccnc1Cl. The smallest absolute Gasteiger partial charge is 0.247 e. The van der Waals surface area contributed by atoms with Gasteiger partial charge in [0.05, 0.1) is 0 Å². The average molecular weight is 355 g/mol. The van der Waals surface area contributed by atoms with Gasteiger partial charge in [-0.15, -0.1) is 0 Å². The minimum absolute atomic E-state index is 0.118. The number of benzene rings is 1. The lowest BCUT2D eigenvalue weighted by Crippen LogP contribution is -2.40. The summed E-state index contributed by atoms with van der Waals surface area (Å²) < 4.78 is 33.4. The van der Waals surface area contributed by atoms with Crippen molar-refractivity contribution in [1.29, 1.82) is 0 Å². The highest BCUT2D eigenvalue weighted by molar-refractivity contribution is 7.89. The Bertz CT molecular complexity index is 772. The number of hydrogen-bond acceptors (Lipinski definition) is 4. The van der Waals surface area contributed by atoms with Crippen molar-refractivity contribution >= 4 is 21.6 Å². The first-order valence-electron chi connectivity index (χ1n) is 7.04. The van der Waals surface area contributed by atoms with Gasteiger partial charge in [-0.3, -0.25) is 0 Å². The predicted octanol–water partition coefficient (Wildman–Crippen LogP) is 3.39. The van der Waals surface area contributed by atoms with Crippen LogP contribution in [0.25, 0.3) is 0 Å². The fourth-order valence-corrected chi connectivity index (χ4v) is 3.98. The van der Waals surface area contributed by atoms with Crippen LogP contribution >= 0.6 is 11.6 Å². The minimum atomic E-state index is -3.85. The minimum Gasteiger partial charge on any atom is -0.487 e. The van der Waals surface area contributed by atoms with Crippen molar-refractivity contribution in [1.82, 2.24) is 9.71 Å². The topological polar surface area (TPSA) is 68.3 Å². The van der Waals surface area contributed by atoms with Gasteiger partial charge < -0.3 is 4.74 Å². The fraction of sp³-hybridized carbons (Fsp3) is 0.312. The zero-order valence-corrected chi connectivity index (χ0v) is 14.8. The van der Waals surface area contributed by atoms with Crippen LogP contribution in [0, 0.1) is 0 Å². The molecule has 124 valence electrons. The maximum atomic E-state index is 12.6. The van der Waals surface area contributed by atoms with Gasteiger partial charge in [0.2, 0.25) is 10.0 Å². The molecule has 0 bridgehead atoms. The van der Waals surface area contributed by atoms with Gasteiger partial charge in [-0.05, 0) is 26.3 Å². The molecular formula is C16H19ClN2O3S. The Morgan fingerprint density at radius 1 is 1.17 bits per heavy atom. The van der Waals surface area contributed by atoms with Crippen molar-refractivity contribution in [2.24, 2.45) is 0 Å². The van der Waals surface area contributed by atoms with Crippen molar-refractivity contribution < 1.29 is 13.2 Å². The Morgan fingerprint density at radius 2 is 1.83 bits per heavy atom. The molecule has 2 aromatic rings. The van der Waals surface area contributed by atoms with E-state index in [-0.39, 0.29) is 22.4 Å². The molecule has 0 aliphatic heterocycles. The normalized spacial score (nSPS) is 12.2. The number of halogens is 1. The van der Waals surface area contributed by atoms with Gasteiger partial charge in [-0.1, -0.05) is 41.9 Å². The lowest BCUT2D eigenvalue weighted by atomic mass is 10.1. The van der Waals surface area contributed by atoms with E-state index in [9.17, 15) is 8.42 Å². The van der Waals surface area contributed by atoms with Crippen LogP contribution in [0.4, 0.5) is 0 Å². The third-order valence-electron chi connectivity index (χ3n) is 2.77. The standard InChI is InChI=1S/C16H19ClN2O3S/c1-16(2,3)19-23(20,21)14-13(9-10-18-15(14)17)22-11-12-7-5-4-6-8-12/h4-10,19H,11H2,1-3H3. The second-order valence-electron chi connectivity index (χ2n) is 6.06. The highest BCUT2D eigenvalue weighted by atomic mass is 35.5. The maximum absolute atomic E-state index is 12.6. The van der Waals surface area contributed by atoms with E-state index in [0.717, 1.165) is 5.56 Å². The van der Waals surface area contributed by atoms with Crippen molar-refractivity contribution in [3.8, 4) is 5.75 Å². The molecule has 0 aliphatic carbocycles. The third-order valence-corrected chi connectivity index (χ3v) is 4.98. The molecular weight excluding hydrogens is 336 g/mol. The summed E-state index contributed by atoms with van der Waals surface area (Å²) in [6.45, 7) is 5.48. The highest BCUT2D eigenvalue weighted by Gasteiger charge is 2.28. The molecule has 0 atom stereocenters. The molecule has 0 radical (unpaired) electrons. The van der Waals surface area contributed by atoms with Crippen molar-refractivity contribution in [2.75, 3.05) is 0 Å². The van der Waals surface area contributed by atoms with Gasteiger partial charge in [0.1, 0.15) is 12.4 Å². The molecule has 0 saturated heterocycles. The van der Waals surface area contributed by atoms with Gasteiger partial charge in [0, 0.05) is 17.8 Å². The van der Waals surface area contributed by atoms with Crippen LogP contribution < -0.4 is 9.46 Å². The second kappa shape index (κ2) is 6.86. The number of rotatable bonds is 5. The first-order chi connectivity index (χ1) is 10.7. The molecule has 1 N–H and O–H groups in total. The number of hydrogen-bond donors (Lipinski definition) is 1. The summed E-state index contributed by atoms with van der Waals surface area (Å²) >= 11 is 6.01. The van der Waals surface area contributed by atoms with Crippen LogP contribution in [0.15, 0.2) is 47.5 Å². The van der Waals surface area contributed by atoms with Crippen molar-refractivity contribution in [3.05, 3.63) is 53.3 Å². The monoisotopic (exact) mass is 354 g/mol. The molecule has 0 saturated carbocycles. The zero-order chi connectivity index (χ0) is 17.1. The van der Waals surface area contributed by atoms with Crippen LogP contribution in [-0.2, 0) is 16.6 Å². The lowest BCUT2D eigenvalue weighted by Gasteiger charge is -2.21. The second-order valence-corrected chi connectivity index (χ2v) is 8.04. The van der Waals surface area contributed by atoms with Gasteiger partial charge in [-0.25, -0.2) is 18.1 Å². The molecule has 1 aromatic heterocycles. The van der Waals surface area contributed by atoms with Crippen LogP contribution in [0.1, 0.15) is 26.3 Å². The molecule has 0 amide bonds. The average Bonchev–Trinajstić information content (AvgIpc) is 2.43. The first-order valence-corrected chi connectivity index (χ1v) is 8.90. The number of nitrogens with zero attached hydrogens (tertiary/aromatic N) is 1. The van der Waals surface area contributed by atoms with Crippen LogP contribution in [0.5, 0.6) is 5.75 Å². The zero-order valence-electron chi connectivity index (χ0n) is 13.2. The Balaban J connectivity index is 2.33. The predicted molar refractivity (Wildman–Crippen MR) is 90.1 cm³/mol. The molecule has 0 spiro atoms. The van der Waals surface area contributed by atoms with E-state index in [1.165, 1.54) is 12.3 Å². The number of ether oxygens (including phenoxy) is 1. The molecule has 0 unspecified atom stereocenters. The molecule has 5 nitrogen and oxygen atoms in total. The number of aromatic nitrogens is 1. The Hall–Kier alpha value is -1.63. The van der Waals surface area contributed by atoms with Crippen LogP contribution in [-0.4, -0.2) is 18.9 Å². The Labute approximate surface area is 141 Å². The van der Waals surface area contributed by atoms with Crippen molar-refractivity contribution in [3.63, 3.8) is 0 Å². The highest BCUT2D eigenvalue weighted by Crippen LogP contribution is 2.30. The van der Waals surface area contributed by atoms with Gasteiger partial charge in [0.25, 0.3) is 0 Å². The van der Waals surface area contributed by atoms with E-state index < -0.39 is 15.6 Å². The molecule has 1 aromatic carbocycles. The van der Waals surface area contributed by atoms with E-state index in [1.807, 2.05) is 30.3 Å². The quantitative estimate of drug-likeness (QED) is 0.835. The Morgan fingerprint density at radius 3 is 2.43 bits per heavy atom. The summed E-state index contributed by atoms with van der Waals surface area (Å²) in [4.78, 5) is 3.71. The van der Waals surface area contributed by atoms with Gasteiger partial charge in [0.15, 0.2) is 10.0 Å². The van der Waals surface area contributed by atoms with Gasteiger partial charge in [-0.2, -0.15) is 0 Å². The summed E-state index contributed by atoms with van der Waals surface area (Å²) in [5.41, 5.74) is 0.280. The van der Waals surface area contributed by atoms with Crippen molar-refractivity contribution in [2.45, 2.75) is 37.8 Å². The third kappa shape index (κ3) is 4.92. The number of pyridine rings is 1. The molecule has 7 heteroatoms. The van der Waals surface area contributed by atoms with E-state index in [1.54, 1.807) is 20.8 Å². The van der Waals surface area contributed by atoms with E-state index in [2.05, 4.69) is 9.71 Å². The summed E-state index contributed by atoms with van der Waals surface area (Å²) in [6, 6.07) is 10.9. The van der Waals surface area contributed by atoms with Gasteiger partial charge >= 0.3 is 0 Å². The largest absolute Gasteiger partial charge is 0.487 e. The molecule has 0 aliphatic rings. The summed E-state index contributed by atoms with van der Waals surface area (Å²) in [7, 11) is -3.85. The van der Waals surface area contributed by atoms with E-state index in [0.29, 0.717) is 0 Å². The first kappa shape index (κ1) is 17.7. The van der Waals surface area contributed by atoms with Crippen LogP contribution in [0.2, 0.25) is 5.15 Å². The summed E-state index contributed by atoms with van der Waals surface area (Å²) in [5.74, 6) is 0.172. The summed E-state index contributed by atoms with van der Waals surface area (Å²) in [5, 5.41) is -0.118. The fourth-order valence-electron chi connectivity index (χ4n) is 1.95.